The quantitative estimate of drug-likeness (QED) is 0.700. The standard InChI is InChI=1S/C15H12Cl2O/c1-9-6-14(16)10(2)5-13(9)11-3-4-12(8-18)15(17)7-11/h3-8H,1-2H3. The Hall–Kier alpha value is -1.31. The summed E-state index contributed by atoms with van der Waals surface area (Å²) < 4.78 is 0. The topological polar surface area (TPSA) is 17.1 Å². The van der Waals surface area contributed by atoms with Gasteiger partial charge in [-0.3, -0.25) is 4.79 Å². The normalized spacial score (nSPS) is 10.4. The second-order valence-electron chi connectivity index (χ2n) is 4.27. The van der Waals surface area contributed by atoms with Crippen molar-refractivity contribution < 1.29 is 4.79 Å². The van der Waals surface area contributed by atoms with Crippen LogP contribution in [0, 0.1) is 13.8 Å². The minimum Gasteiger partial charge on any atom is -0.298 e. The van der Waals surface area contributed by atoms with Gasteiger partial charge in [-0.2, -0.15) is 0 Å². The molecule has 0 saturated carbocycles. The van der Waals surface area contributed by atoms with Gasteiger partial charge in [0.25, 0.3) is 0 Å². The molecule has 2 aromatic rings. The third-order valence-electron chi connectivity index (χ3n) is 2.94. The highest BCUT2D eigenvalue weighted by atomic mass is 35.5. The Kier molecular flexibility index (Phi) is 3.74. The van der Waals surface area contributed by atoms with Crippen LogP contribution in [0.5, 0.6) is 0 Å². The van der Waals surface area contributed by atoms with E-state index in [0.717, 1.165) is 33.6 Å². The third kappa shape index (κ3) is 2.43. The molecule has 0 bridgehead atoms. The van der Waals surface area contributed by atoms with E-state index in [-0.39, 0.29) is 0 Å². The Morgan fingerprint density at radius 1 is 0.944 bits per heavy atom. The van der Waals surface area contributed by atoms with Gasteiger partial charge in [0.1, 0.15) is 0 Å². The molecule has 0 saturated heterocycles. The van der Waals surface area contributed by atoms with E-state index in [9.17, 15) is 4.79 Å². The Labute approximate surface area is 116 Å². The zero-order valence-corrected chi connectivity index (χ0v) is 11.6. The Morgan fingerprint density at radius 2 is 1.67 bits per heavy atom. The molecule has 0 aromatic heterocycles. The van der Waals surface area contributed by atoms with Gasteiger partial charge in [-0.05, 0) is 60.4 Å². The third-order valence-corrected chi connectivity index (χ3v) is 3.68. The minimum absolute atomic E-state index is 0.467. The predicted octanol–water partition coefficient (Wildman–Crippen LogP) is 5.09. The van der Waals surface area contributed by atoms with Gasteiger partial charge >= 0.3 is 0 Å². The van der Waals surface area contributed by atoms with Crippen LogP contribution in [-0.4, -0.2) is 6.29 Å². The lowest BCUT2D eigenvalue weighted by Gasteiger charge is -2.10. The van der Waals surface area contributed by atoms with E-state index in [1.165, 1.54) is 0 Å². The van der Waals surface area contributed by atoms with Gasteiger partial charge < -0.3 is 0 Å². The summed E-state index contributed by atoms with van der Waals surface area (Å²) in [5.74, 6) is 0. The molecule has 0 atom stereocenters. The smallest absolute Gasteiger partial charge is 0.151 e. The fraction of sp³-hybridized carbons (Fsp3) is 0.133. The lowest BCUT2D eigenvalue weighted by Crippen LogP contribution is -1.88. The number of hydrogen-bond donors (Lipinski definition) is 0. The molecule has 92 valence electrons. The number of aryl methyl sites for hydroxylation is 2. The molecule has 1 nitrogen and oxygen atoms in total. The summed E-state index contributed by atoms with van der Waals surface area (Å²) in [6, 6.07) is 9.40. The minimum atomic E-state index is 0.467. The first-order chi connectivity index (χ1) is 8.52. The van der Waals surface area contributed by atoms with Crippen molar-refractivity contribution in [2.45, 2.75) is 13.8 Å². The van der Waals surface area contributed by atoms with E-state index in [1.54, 1.807) is 12.1 Å². The predicted molar refractivity (Wildman–Crippen MR) is 76.8 cm³/mol. The first-order valence-corrected chi connectivity index (χ1v) is 6.30. The lowest BCUT2D eigenvalue weighted by molar-refractivity contribution is 0.112. The van der Waals surface area contributed by atoms with Crippen molar-refractivity contribution in [1.82, 2.24) is 0 Å². The summed E-state index contributed by atoms with van der Waals surface area (Å²) in [7, 11) is 0. The number of halogens is 2. The molecule has 0 aliphatic carbocycles. The fourth-order valence-corrected chi connectivity index (χ4v) is 2.33. The van der Waals surface area contributed by atoms with E-state index in [0.29, 0.717) is 10.6 Å². The summed E-state index contributed by atoms with van der Waals surface area (Å²) in [6.07, 6.45) is 0.756. The van der Waals surface area contributed by atoms with Crippen molar-refractivity contribution in [3.8, 4) is 11.1 Å². The molecule has 0 unspecified atom stereocenters. The molecular formula is C15H12Cl2O. The van der Waals surface area contributed by atoms with Crippen molar-refractivity contribution in [1.29, 1.82) is 0 Å². The maximum atomic E-state index is 10.7. The second-order valence-corrected chi connectivity index (χ2v) is 5.08. The average Bonchev–Trinajstić information content (AvgIpc) is 2.33. The molecule has 0 heterocycles. The highest BCUT2D eigenvalue weighted by Gasteiger charge is 2.07. The van der Waals surface area contributed by atoms with Crippen LogP contribution in [0.3, 0.4) is 0 Å². The number of hydrogen-bond acceptors (Lipinski definition) is 1. The van der Waals surface area contributed by atoms with E-state index < -0.39 is 0 Å². The van der Waals surface area contributed by atoms with Crippen LogP contribution in [-0.2, 0) is 0 Å². The molecule has 2 rings (SSSR count). The molecule has 0 radical (unpaired) electrons. The molecule has 0 spiro atoms. The highest BCUT2D eigenvalue weighted by Crippen LogP contribution is 2.31. The number of benzene rings is 2. The fourth-order valence-electron chi connectivity index (χ4n) is 1.88. The van der Waals surface area contributed by atoms with Crippen LogP contribution in [0.2, 0.25) is 10.0 Å². The van der Waals surface area contributed by atoms with Crippen molar-refractivity contribution in [2.75, 3.05) is 0 Å². The molecule has 0 aliphatic rings. The van der Waals surface area contributed by atoms with Crippen LogP contribution >= 0.6 is 23.2 Å². The lowest BCUT2D eigenvalue weighted by atomic mass is 9.97. The first kappa shape index (κ1) is 13.1. The highest BCUT2D eigenvalue weighted by molar-refractivity contribution is 6.33. The summed E-state index contributed by atoms with van der Waals surface area (Å²) in [5.41, 5.74) is 4.68. The van der Waals surface area contributed by atoms with E-state index in [1.807, 2.05) is 32.0 Å². The largest absolute Gasteiger partial charge is 0.298 e. The average molecular weight is 279 g/mol. The number of aldehydes is 1. The summed E-state index contributed by atoms with van der Waals surface area (Å²) >= 11 is 12.1. The number of carbonyl (C=O) groups excluding carboxylic acids is 1. The number of rotatable bonds is 2. The summed E-state index contributed by atoms with van der Waals surface area (Å²) in [5, 5.41) is 1.22. The summed E-state index contributed by atoms with van der Waals surface area (Å²) in [6.45, 7) is 3.97. The summed E-state index contributed by atoms with van der Waals surface area (Å²) in [4.78, 5) is 10.7. The molecular weight excluding hydrogens is 267 g/mol. The SMILES string of the molecule is Cc1cc(-c2ccc(C=O)c(Cl)c2)c(C)cc1Cl. The van der Waals surface area contributed by atoms with Gasteiger partial charge in [0, 0.05) is 10.6 Å². The Balaban J connectivity index is 2.58. The van der Waals surface area contributed by atoms with Crippen LogP contribution in [0.4, 0.5) is 0 Å². The van der Waals surface area contributed by atoms with E-state index >= 15 is 0 Å². The first-order valence-electron chi connectivity index (χ1n) is 5.55. The molecule has 0 fully saturated rings. The van der Waals surface area contributed by atoms with Crippen LogP contribution < -0.4 is 0 Å². The number of carbonyl (C=O) groups is 1. The van der Waals surface area contributed by atoms with Crippen molar-refractivity contribution in [2.24, 2.45) is 0 Å². The zero-order valence-electron chi connectivity index (χ0n) is 10.1. The van der Waals surface area contributed by atoms with Crippen molar-refractivity contribution >= 4 is 29.5 Å². The molecule has 0 aliphatic heterocycles. The molecule has 0 amide bonds. The molecule has 0 N–H and O–H groups in total. The van der Waals surface area contributed by atoms with E-state index in [2.05, 4.69) is 0 Å². The molecule has 3 heteroatoms. The van der Waals surface area contributed by atoms with E-state index in [4.69, 9.17) is 23.2 Å². The zero-order chi connectivity index (χ0) is 13.3. The van der Waals surface area contributed by atoms with Gasteiger partial charge in [0.2, 0.25) is 0 Å². The van der Waals surface area contributed by atoms with Gasteiger partial charge in [0.15, 0.2) is 6.29 Å². The van der Waals surface area contributed by atoms with Gasteiger partial charge in [0.05, 0.1) is 5.02 Å². The monoisotopic (exact) mass is 278 g/mol. The van der Waals surface area contributed by atoms with Gasteiger partial charge in [-0.25, -0.2) is 0 Å². The Morgan fingerprint density at radius 3 is 2.28 bits per heavy atom. The van der Waals surface area contributed by atoms with Gasteiger partial charge in [-0.15, -0.1) is 0 Å². The molecule has 2 aromatic carbocycles. The van der Waals surface area contributed by atoms with Crippen LogP contribution in [0.15, 0.2) is 30.3 Å². The molecule has 18 heavy (non-hydrogen) atoms. The maximum Gasteiger partial charge on any atom is 0.151 e. The maximum absolute atomic E-state index is 10.7. The van der Waals surface area contributed by atoms with Crippen molar-refractivity contribution in [3.63, 3.8) is 0 Å². The van der Waals surface area contributed by atoms with Gasteiger partial charge in [-0.1, -0.05) is 29.3 Å². The van der Waals surface area contributed by atoms with Crippen molar-refractivity contribution in [3.05, 3.63) is 57.1 Å². The second kappa shape index (κ2) is 5.13. The van der Waals surface area contributed by atoms with Crippen LogP contribution in [0.1, 0.15) is 21.5 Å². The van der Waals surface area contributed by atoms with Crippen LogP contribution in [0.25, 0.3) is 11.1 Å². The Bertz CT molecular complexity index is 618.